The Morgan fingerprint density at radius 1 is 1.07 bits per heavy atom. The Kier molecular flexibility index (Phi) is 4.07. The van der Waals surface area contributed by atoms with Gasteiger partial charge in [0, 0.05) is 36.7 Å². The van der Waals surface area contributed by atoms with Crippen LogP contribution < -0.4 is 10.6 Å². The summed E-state index contributed by atoms with van der Waals surface area (Å²) in [5, 5.41) is 5.89. The Labute approximate surface area is 163 Å². The first-order valence-electron chi connectivity index (χ1n) is 10.0. The molecule has 0 aromatic heterocycles. The summed E-state index contributed by atoms with van der Waals surface area (Å²) in [6, 6.07) is 5.55. The highest BCUT2D eigenvalue weighted by Gasteiger charge is 2.39. The van der Waals surface area contributed by atoms with Crippen molar-refractivity contribution in [1.29, 1.82) is 0 Å². The van der Waals surface area contributed by atoms with Gasteiger partial charge in [-0.05, 0) is 48.4 Å². The van der Waals surface area contributed by atoms with Crippen molar-refractivity contribution in [3.63, 3.8) is 0 Å². The lowest BCUT2D eigenvalue weighted by Gasteiger charge is -2.31. The van der Waals surface area contributed by atoms with Crippen LogP contribution in [-0.2, 0) is 16.1 Å². The average Bonchev–Trinajstić information content (AvgIpc) is 3.03. The number of rotatable bonds is 2. The molecule has 6 heteroatoms. The van der Waals surface area contributed by atoms with Crippen LogP contribution in [0.5, 0.6) is 0 Å². The third-order valence-electron chi connectivity index (χ3n) is 6.30. The number of nitrogens with zero attached hydrogens (tertiary/aromatic N) is 1. The molecule has 3 amide bonds. The van der Waals surface area contributed by atoms with Crippen LogP contribution in [0.25, 0.3) is 0 Å². The van der Waals surface area contributed by atoms with Crippen LogP contribution in [0.15, 0.2) is 41.6 Å². The fraction of sp³-hybridized carbons (Fsp3) is 0.409. The lowest BCUT2D eigenvalue weighted by Crippen LogP contribution is -2.52. The molecule has 28 heavy (non-hydrogen) atoms. The highest BCUT2D eigenvalue weighted by atomic mass is 16.2. The SMILES string of the molecule is O=C1CCC(N2Cc3cc(C4CCNC5=C4C=CCC5)ccc3C2=O)C(=O)N1. The number of carbonyl (C=O) groups excluding carboxylic acids is 3. The molecule has 144 valence electrons. The zero-order valence-corrected chi connectivity index (χ0v) is 15.7. The number of amides is 3. The van der Waals surface area contributed by atoms with Crippen molar-refractivity contribution >= 4 is 17.7 Å². The second kappa shape index (κ2) is 6.62. The normalized spacial score (nSPS) is 26.7. The second-order valence-corrected chi connectivity index (χ2v) is 7.96. The molecule has 5 rings (SSSR count). The maximum atomic E-state index is 12.9. The van der Waals surface area contributed by atoms with Gasteiger partial charge in [0.1, 0.15) is 6.04 Å². The summed E-state index contributed by atoms with van der Waals surface area (Å²) in [5.41, 5.74) is 5.60. The van der Waals surface area contributed by atoms with Crippen LogP contribution in [0.3, 0.4) is 0 Å². The number of fused-ring (bicyclic) bond motifs is 1. The predicted molar refractivity (Wildman–Crippen MR) is 103 cm³/mol. The molecule has 0 spiro atoms. The maximum absolute atomic E-state index is 12.9. The van der Waals surface area contributed by atoms with Crippen molar-refractivity contribution in [3.05, 3.63) is 58.3 Å². The van der Waals surface area contributed by atoms with Gasteiger partial charge < -0.3 is 10.2 Å². The van der Waals surface area contributed by atoms with Crippen molar-refractivity contribution in [3.8, 4) is 0 Å². The lowest BCUT2D eigenvalue weighted by molar-refractivity contribution is -0.136. The largest absolute Gasteiger partial charge is 0.388 e. The van der Waals surface area contributed by atoms with E-state index in [4.69, 9.17) is 0 Å². The number of allylic oxidation sites excluding steroid dienone is 4. The number of carbonyl (C=O) groups is 3. The molecule has 1 aromatic carbocycles. The lowest BCUT2D eigenvalue weighted by atomic mass is 9.81. The molecular weight excluding hydrogens is 354 g/mol. The van der Waals surface area contributed by atoms with E-state index in [-0.39, 0.29) is 24.1 Å². The minimum absolute atomic E-state index is 0.112. The Morgan fingerprint density at radius 2 is 1.96 bits per heavy atom. The van der Waals surface area contributed by atoms with Gasteiger partial charge in [0.25, 0.3) is 5.91 Å². The van der Waals surface area contributed by atoms with Gasteiger partial charge in [0.15, 0.2) is 0 Å². The predicted octanol–water partition coefficient (Wildman–Crippen LogP) is 2.13. The molecule has 4 aliphatic rings. The maximum Gasteiger partial charge on any atom is 0.255 e. The van der Waals surface area contributed by atoms with Crippen LogP contribution in [0.4, 0.5) is 0 Å². The second-order valence-electron chi connectivity index (χ2n) is 7.96. The van der Waals surface area contributed by atoms with Crippen molar-refractivity contribution in [2.75, 3.05) is 6.54 Å². The first-order valence-corrected chi connectivity index (χ1v) is 10.0. The molecule has 1 fully saturated rings. The minimum atomic E-state index is -0.560. The van der Waals surface area contributed by atoms with Gasteiger partial charge in [-0.1, -0.05) is 24.3 Å². The van der Waals surface area contributed by atoms with E-state index in [0.29, 0.717) is 24.4 Å². The van der Waals surface area contributed by atoms with Crippen LogP contribution in [0, 0.1) is 0 Å². The Morgan fingerprint density at radius 3 is 2.82 bits per heavy atom. The molecule has 2 N–H and O–H groups in total. The molecule has 1 saturated heterocycles. The van der Waals surface area contributed by atoms with Gasteiger partial charge in [0.05, 0.1) is 0 Å². The van der Waals surface area contributed by atoms with Crippen molar-refractivity contribution < 1.29 is 14.4 Å². The summed E-state index contributed by atoms with van der Waals surface area (Å²) < 4.78 is 0. The molecule has 6 nitrogen and oxygen atoms in total. The van der Waals surface area contributed by atoms with E-state index in [1.807, 2.05) is 6.07 Å². The molecular formula is C22H23N3O3. The zero-order chi connectivity index (χ0) is 19.3. The summed E-state index contributed by atoms with van der Waals surface area (Å²) in [6.07, 6.45) is 8.33. The van der Waals surface area contributed by atoms with Crippen LogP contribution in [0.2, 0.25) is 0 Å². The van der Waals surface area contributed by atoms with Gasteiger partial charge in [-0.3, -0.25) is 19.7 Å². The minimum Gasteiger partial charge on any atom is -0.388 e. The first-order chi connectivity index (χ1) is 13.6. The average molecular weight is 377 g/mol. The third-order valence-corrected chi connectivity index (χ3v) is 6.30. The molecule has 3 aliphatic heterocycles. The molecule has 2 unspecified atom stereocenters. The fourth-order valence-electron chi connectivity index (χ4n) is 4.88. The summed E-state index contributed by atoms with van der Waals surface area (Å²) in [6.45, 7) is 1.40. The van der Waals surface area contributed by atoms with Crippen molar-refractivity contribution in [1.82, 2.24) is 15.5 Å². The molecule has 3 heterocycles. The topological polar surface area (TPSA) is 78.5 Å². The number of hydrogen-bond donors (Lipinski definition) is 2. The molecule has 2 atom stereocenters. The molecule has 0 radical (unpaired) electrons. The number of nitrogens with one attached hydrogen (secondary N) is 2. The van der Waals surface area contributed by atoms with Crippen molar-refractivity contribution in [2.24, 2.45) is 0 Å². The standard InChI is InChI=1S/C22H23N3O3/c26-20-8-7-19(21(27)24-20)25-12-14-11-13(5-6-16(14)22(25)28)15-9-10-23-18-4-2-1-3-17(15)18/h1,3,5-6,11,15,19,23H,2,4,7-10,12H2,(H,24,26,27). The molecule has 1 aliphatic carbocycles. The third kappa shape index (κ3) is 2.75. The Hall–Kier alpha value is -2.89. The van der Waals surface area contributed by atoms with Gasteiger partial charge in [-0.15, -0.1) is 0 Å². The summed E-state index contributed by atoms with van der Waals surface area (Å²) in [4.78, 5) is 38.1. The van der Waals surface area contributed by atoms with E-state index < -0.39 is 6.04 Å². The van der Waals surface area contributed by atoms with Crippen LogP contribution in [0.1, 0.15) is 59.5 Å². The van der Waals surface area contributed by atoms with Gasteiger partial charge in [-0.25, -0.2) is 0 Å². The smallest absolute Gasteiger partial charge is 0.255 e. The fourth-order valence-corrected chi connectivity index (χ4v) is 4.88. The quantitative estimate of drug-likeness (QED) is 0.774. The summed E-state index contributed by atoms with van der Waals surface area (Å²) in [5.74, 6) is -0.391. The van der Waals surface area contributed by atoms with E-state index in [1.54, 1.807) is 4.90 Å². The van der Waals surface area contributed by atoms with E-state index >= 15 is 0 Å². The number of imide groups is 1. The highest BCUT2D eigenvalue weighted by molar-refractivity contribution is 6.05. The van der Waals surface area contributed by atoms with Gasteiger partial charge in [-0.2, -0.15) is 0 Å². The monoisotopic (exact) mass is 377 g/mol. The number of benzene rings is 1. The molecule has 0 saturated carbocycles. The van der Waals surface area contributed by atoms with Gasteiger partial charge >= 0.3 is 0 Å². The van der Waals surface area contributed by atoms with E-state index in [1.165, 1.54) is 16.8 Å². The number of hydrogen-bond acceptors (Lipinski definition) is 4. The van der Waals surface area contributed by atoms with E-state index in [2.05, 4.69) is 34.9 Å². The summed E-state index contributed by atoms with van der Waals surface area (Å²) >= 11 is 0. The molecule has 1 aromatic rings. The van der Waals surface area contributed by atoms with Gasteiger partial charge in [0.2, 0.25) is 11.8 Å². The first kappa shape index (κ1) is 17.2. The highest BCUT2D eigenvalue weighted by Crippen LogP contribution is 2.38. The Bertz CT molecular complexity index is 946. The zero-order valence-electron chi connectivity index (χ0n) is 15.7. The van der Waals surface area contributed by atoms with E-state index in [0.717, 1.165) is 31.4 Å². The van der Waals surface area contributed by atoms with Crippen molar-refractivity contribution in [2.45, 2.75) is 50.6 Å². The van der Waals surface area contributed by atoms with E-state index in [9.17, 15) is 14.4 Å². The van der Waals surface area contributed by atoms with Crippen LogP contribution >= 0.6 is 0 Å². The Balaban J connectivity index is 1.43. The van der Waals surface area contributed by atoms with Crippen LogP contribution in [-0.4, -0.2) is 35.2 Å². The number of piperidine rings is 1. The molecule has 0 bridgehead atoms. The summed E-state index contributed by atoms with van der Waals surface area (Å²) in [7, 11) is 0.